The molecule has 0 saturated carbocycles. The van der Waals surface area contributed by atoms with Crippen LogP contribution in [-0.4, -0.2) is 56.4 Å². The number of hydrogen-bond acceptors (Lipinski definition) is 6. The number of anilines is 2. The van der Waals surface area contributed by atoms with Gasteiger partial charge in [0, 0.05) is 24.5 Å². The molecule has 31 heavy (non-hydrogen) atoms. The highest BCUT2D eigenvalue weighted by Gasteiger charge is 2.28. The van der Waals surface area contributed by atoms with Gasteiger partial charge in [0.1, 0.15) is 0 Å². The fourth-order valence-electron chi connectivity index (χ4n) is 3.53. The molecule has 0 bridgehead atoms. The van der Waals surface area contributed by atoms with E-state index in [1.165, 1.54) is 11.8 Å². The first-order valence-corrected chi connectivity index (χ1v) is 11.2. The van der Waals surface area contributed by atoms with E-state index in [2.05, 4.69) is 26.2 Å². The molecular formula is C21H23N7O2S. The lowest BCUT2D eigenvalue weighted by Gasteiger charge is -2.32. The molecule has 4 rings (SSSR count). The SMILES string of the molecule is CSc1nnnn1-c1cccc(NC(=O)N2CCC[C@H](C(=O)Nc3ccccc3)C2)c1. The zero-order valence-corrected chi connectivity index (χ0v) is 17.9. The smallest absolute Gasteiger partial charge is 0.321 e. The van der Waals surface area contributed by atoms with Gasteiger partial charge in [-0.15, -0.1) is 5.10 Å². The number of piperidine rings is 1. The number of rotatable bonds is 5. The van der Waals surface area contributed by atoms with Gasteiger partial charge in [0.2, 0.25) is 11.1 Å². The number of para-hydroxylation sites is 1. The predicted octanol–water partition coefficient (Wildman–Crippen LogP) is 3.27. The summed E-state index contributed by atoms with van der Waals surface area (Å²) in [5, 5.41) is 18.2. The van der Waals surface area contributed by atoms with Crippen LogP contribution in [0.1, 0.15) is 12.8 Å². The number of nitrogens with one attached hydrogen (secondary N) is 2. The van der Waals surface area contributed by atoms with Crippen molar-refractivity contribution in [2.75, 3.05) is 30.0 Å². The standard InChI is InChI=1S/C21H23N7O2S/c1-31-21-24-25-26-28(21)18-11-5-10-17(13-18)23-20(30)27-12-6-7-15(14-27)19(29)22-16-8-3-2-4-9-16/h2-5,8-11,13,15H,6-7,12,14H2,1H3,(H,22,29)(H,23,30)/t15-/m0/s1. The number of aromatic nitrogens is 4. The Morgan fingerprint density at radius 1 is 1.06 bits per heavy atom. The van der Waals surface area contributed by atoms with Crippen molar-refractivity contribution in [1.82, 2.24) is 25.1 Å². The maximum absolute atomic E-state index is 12.8. The highest BCUT2D eigenvalue weighted by Crippen LogP contribution is 2.22. The summed E-state index contributed by atoms with van der Waals surface area (Å²) in [7, 11) is 0. The van der Waals surface area contributed by atoms with Gasteiger partial charge < -0.3 is 15.5 Å². The van der Waals surface area contributed by atoms with Crippen molar-refractivity contribution >= 4 is 35.1 Å². The van der Waals surface area contributed by atoms with Gasteiger partial charge in [-0.3, -0.25) is 4.79 Å². The van der Waals surface area contributed by atoms with Crippen LogP contribution in [-0.2, 0) is 4.79 Å². The Morgan fingerprint density at radius 3 is 2.68 bits per heavy atom. The molecule has 1 aromatic heterocycles. The van der Waals surface area contributed by atoms with Crippen molar-refractivity contribution in [2.24, 2.45) is 5.92 Å². The second kappa shape index (κ2) is 9.61. The second-order valence-electron chi connectivity index (χ2n) is 7.20. The van der Waals surface area contributed by atoms with Crippen LogP contribution in [0, 0.1) is 5.92 Å². The molecule has 160 valence electrons. The Kier molecular flexibility index (Phi) is 6.46. The minimum absolute atomic E-state index is 0.0611. The van der Waals surface area contributed by atoms with Gasteiger partial charge in [-0.25, -0.2) is 4.79 Å². The number of benzene rings is 2. The molecule has 1 saturated heterocycles. The molecule has 1 atom stereocenters. The molecule has 0 unspecified atom stereocenters. The third-order valence-electron chi connectivity index (χ3n) is 5.09. The fourth-order valence-corrected chi connectivity index (χ4v) is 3.96. The summed E-state index contributed by atoms with van der Waals surface area (Å²) >= 11 is 1.44. The summed E-state index contributed by atoms with van der Waals surface area (Å²) in [6.07, 6.45) is 3.44. The maximum atomic E-state index is 12.8. The van der Waals surface area contributed by atoms with Gasteiger partial charge in [0.05, 0.1) is 11.6 Å². The van der Waals surface area contributed by atoms with E-state index in [0.29, 0.717) is 23.9 Å². The van der Waals surface area contributed by atoms with E-state index in [0.717, 1.165) is 24.2 Å². The molecular weight excluding hydrogens is 414 g/mol. The van der Waals surface area contributed by atoms with Gasteiger partial charge in [0.25, 0.3) is 0 Å². The average Bonchev–Trinajstić information content (AvgIpc) is 3.29. The van der Waals surface area contributed by atoms with Crippen molar-refractivity contribution < 1.29 is 9.59 Å². The van der Waals surface area contributed by atoms with E-state index in [1.807, 2.05) is 60.9 Å². The molecule has 0 radical (unpaired) electrons. The third-order valence-corrected chi connectivity index (χ3v) is 5.71. The summed E-state index contributed by atoms with van der Waals surface area (Å²) in [6.45, 7) is 0.998. The fraction of sp³-hybridized carbons (Fsp3) is 0.286. The van der Waals surface area contributed by atoms with Crippen LogP contribution in [0.25, 0.3) is 5.69 Å². The molecule has 2 N–H and O–H groups in total. The Morgan fingerprint density at radius 2 is 1.87 bits per heavy atom. The Balaban J connectivity index is 1.39. The highest BCUT2D eigenvalue weighted by atomic mass is 32.2. The van der Waals surface area contributed by atoms with E-state index in [4.69, 9.17) is 0 Å². The number of amides is 3. The topological polar surface area (TPSA) is 105 Å². The van der Waals surface area contributed by atoms with E-state index in [1.54, 1.807) is 9.58 Å². The van der Waals surface area contributed by atoms with Crippen molar-refractivity contribution in [2.45, 2.75) is 18.0 Å². The number of carbonyl (C=O) groups excluding carboxylic acids is 2. The van der Waals surface area contributed by atoms with Crippen LogP contribution < -0.4 is 10.6 Å². The number of hydrogen-bond donors (Lipinski definition) is 2. The van der Waals surface area contributed by atoms with Crippen molar-refractivity contribution in [3.05, 3.63) is 54.6 Å². The summed E-state index contributed by atoms with van der Waals surface area (Å²) < 4.78 is 1.62. The monoisotopic (exact) mass is 437 g/mol. The predicted molar refractivity (Wildman–Crippen MR) is 119 cm³/mol. The van der Waals surface area contributed by atoms with E-state index in [-0.39, 0.29) is 17.9 Å². The highest BCUT2D eigenvalue weighted by molar-refractivity contribution is 7.98. The first-order chi connectivity index (χ1) is 15.1. The van der Waals surface area contributed by atoms with Gasteiger partial charge in [0.15, 0.2) is 0 Å². The van der Waals surface area contributed by atoms with Crippen LogP contribution in [0.5, 0.6) is 0 Å². The summed E-state index contributed by atoms with van der Waals surface area (Å²) in [6, 6.07) is 16.5. The normalized spacial score (nSPS) is 16.0. The summed E-state index contributed by atoms with van der Waals surface area (Å²) in [5.41, 5.74) is 2.16. The lowest BCUT2D eigenvalue weighted by Crippen LogP contribution is -2.45. The number of tetrazole rings is 1. The zero-order chi connectivity index (χ0) is 21.6. The number of nitrogens with zero attached hydrogens (tertiary/aromatic N) is 5. The summed E-state index contributed by atoms with van der Waals surface area (Å²) in [4.78, 5) is 27.2. The van der Waals surface area contributed by atoms with E-state index < -0.39 is 0 Å². The van der Waals surface area contributed by atoms with Crippen molar-refractivity contribution in [1.29, 1.82) is 0 Å². The minimum atomic E-state index is -0.239. The lowest BCUT2D eigenvalue weighted by atomic mass is 9.97. The van der Waals surface area contributed by atoms with Crippen LogP contribution >= 0.6 is 11.8 Å². The molecule has 1 fully saturated rings. The first-order valence-electron chi connectivity index (χ1n) is 9.98. The van der Waals surface area contributed by atoms with Gasteiger partial charge in [-0.1, -0.05) is 36.0 Å². The molecule has 10 heteroatoms. The average molecular weight is 438 g/mol. The maximum Gasteiger partial charge on any atom is 0.321 e. The molecule has 9 nitrogen and oxygen atoms in total. The summed E-state index contributed by atoms with van der Waals surface area (Å²) in [5.74, 6) is -0.301. The quantitative estimate of drug-likeness (QED) is 0.594. The van der Waals surface area contributed by atoms with Crippen molar-refractivity contribution in [3.63, 3.8) is 0 Å². The minimum Gasteiger partial charge on any atom is -0.326 e. The van der Waals surface area contributed by atoms with Gasteiger partial charge in [-0.2, -0.15) is 4.68 Å². The van der Waals surface area contributed by atoms with Crippen LogP contribution in [0.3, 0.4) is 0 Å². The number of likely N-dealkylation sites (tertiary alicyclic amines) is 1. The zero-order valence-electron chi connectivity index (χ0n) is 17.1. The molecule has 2 heterocycles. The Hall–Kier alpha value is -3.40. The van der Waals surface area contributed by atoms with Crippen LogP contribution in [0.15, 0.2) is 59.8 Å². The molecule has 1 aliphatic heterocycles. The van der Waals surface area contributed by atoms with Crippen molar-refractivity contribution in [3.8, 4) is 5.69 Å². The number of thioether (sulfide) groups is 1. The largest absolute Gasteiger partial charge is 0.326 e. The van der Waals surface area contributed by atoms with Crippen LogP contribution in [0.2, 0.25) is 0 Å². The molecule has 1 aliphatic rings. The molecule has 3 amide bonds. The van der Waals surface area contributed by atoms with E-state index >= 15 is 0 Å². The second-order valence-corrected chi connectivity index (χ2v) is 7.97. The molecule has 3 aromatic rings. The van der Waals surface area contributed by atoms with E-state index in [9.17, 15) is 9.59 Å². The first kappa shape index (κ1) is 20.9. The lowest BCUT2D eigenvalue weighted by molar-refractivity contribution is -0.121. The molecule has 0 spiro atoms. The number of carbonyl (C=O) groups is 2. The van der Waals surface area contributed by atoms with Gasteiger partial charge in [-0.05, 0) is 59.9 Å². The molecule has 2 aromatic carbocycles. The Bertz CT molecular complexity index is 1060. The molecule has 0 aliphatic carbocycles. The van der Waals surface area contributed by atoms with Crippen LogP contribution in [0.4, 0.5) is 16.2 Å². The van der Waals surface area contributed by atoms with Gasteiger partial charge >= 0.3 is 6.03 Å². The third kappa shape index (κ3) is 5.02. The number of urea groups is 1. The Labute approximate surface area is 184 Å².